The topological polar surface area (TPSA) is 21.1 Å². The number of imidazole rings is 1. The van der Waals surface area contributed by atoms with E-state index in [2.05, 4.69) is 21.5 Å². The lowest BCUT2D eigenvalue weighted by Gasteiger charge is -2.25. The molecule has 0 unspecified atom stereocenters. The molecule has 4 heteroatoms. The summed E-state index contributed by atoms with van der Waals surface area (Å²) in [6.45, 7) is 3.79. The minimum atomic E-state index is 1.13. The predicted octanol–water partition coefficient (Wildman–Crippen LogP) is 2.00. The maximum atomic E-state index is 4.31. The number of rotatable bonds is 4. The van der Waals surface area contributed by atoms with Gasteiger partial charge in [-0.15, -0.1) is 0 Å². The van der Waals surface area contributed by atoms with Gasteiger partial charge in [-0.2, -0.15) is 0 Å². The van der Waals surface area contributed by atoms with Crippen LogP contribution in [-0.4, -0.2) is 39.8 Å². The molecule has 1 aliphatic heterocycles. The Kier molecular flexibility index (Phi) is 4.09. The fourth-order valence-corrected chi connectivity index (χ4v) is 2.87. The summed E-state index contributed by atoms with van der Waals surface area (Å²) in [5, 5.41) is 1.13. The van der Waals surface area contributed by atoms with E-state index in [-0.39, 0.29) is 0 Å². The van der Waals surface area contributed by atoms with Gasteiger partial charge in [-0.1, -0.05) is 18.2 Å². The molecule has 1 aromatic heterocycles. The highest BCUT2D eigenvalue weighted by atomic mass is 32.2. The highest BCUT2D eigenvalue weighted by Crippen LogP contribution is 2.15. The van der Waals surface area contributed by atoms with E-state index >= 15 is 0 Å². The fraction of sp³-hybridized carbons (Fsp3) is 0.727. The van der Waals surface area contributed by atoms with Crippen LogP contribution in [0.15, 0.2) is 17.6 Å². The largest absolute Gasteiger partial charge is 0.329 e. The zero-order valence-corrected chi connectivity index (χ0v) is 10.2. The lowest BCUT2D eigenvalue weighted by molar-refractivity contribution is 0.242. The number of hydrogen-bond acceptors (Lipinski definition) is 3. The van der Waals surface area contributed by atoms with Crippen LogP contribution in [0, 0.1) is 0 Å². The van der Waals surface area contributed by atoms with Crippen molar-refractivity contribution in [1.29, 1.82) is 0 Å². The van der Waals surface area contributed by atoms with Crippen molar-refractivity contribution in [3.05, 3.63) is 12.4 Å². The molecule has 1 aromatic rings. The highest BCUT2D eigenvalue weighted by Gasteiger charge is 2.09. The SMILES string of the molecule is Cn1ccnc1SCCN1CCCCC1. The van der Waals surface area contributed by atoms with Crippen molar-refractivity contribution in [3.8, 4) is 0 Å². The van der Waals surface area contributed by atoms with Crippen molar-refractivity contribution in [2.45, 2.75) is 24.4 Å². The molecule has 0 aromatic carbocycles. The van der Waals surface area contributed by atoms with Crippen LogP contribution in [0.25, 0.3) is 0 Å². The van der Waals surface area contributed by atoms with Crippen molar-refractivity contribution in [2.24, 2.45) is 7.05 Å². The number of likely N-dealkylation sites (tertiary alicyclic amines) is 1. The standard InChI is InChI=1S/C11H19N3S/c1-13-8-5-12-11(13)15-10-9-14-6-3-2-4-7-14/h5,8H,2-4,6-7,9-10H2,1H3. The quantitative estimate of drug-likeness (QED) is 0.731. The van der Waals surface area contributed by atoms with E-state index in [1.165, 1.54) is 38.9 Å². The van der Waals surface area contributed by atoms with E-state index < -0.39 is 0 Å². The number of thioether (sulfide) groups is 1. The molecule has 2 rings (SSSR count). The molecule has 1 saturated heterocycles. The molecule has 3 nitrogen and oxygen atoms in total. The minimum Gasteiger partial charge on any atom is -0.329 e. The van der Waals surface area contributed by atoms with E-state index in [0.29, 0.717) is 0 Å². The van der Waals surface area contributed by atoms with Crippen molar-refractivity contribution < 1.29 is 0 Å². The third-order valence-electron chi connectivity index (χ3n) is 2.86. The third kappa shape index (κ3) is 3.24. The van der Waals surface area contributed by atoms with Gasteiger partial charge < -0.3 is 9.47 Å². The van der Waals surface area contributed by atoms with Crippen LogP contribution in [0.5, 0.6) is 0 Å². The Morgan fingerprint density at radius 1 is 1.33 bits per heavy atom. The molecular weight excluding hydrogens is 206 g/mol. The summed E-state index contributed by atoms with van der Waals surface area (Å²) in [6, 6.07) is 0. The molecule has 0 radical (unpaired) electrons. The van der Waals surface area contributed by atoms with Crippen LogP contribution >= 0.6 is 11.8 Å². The molecule has 0 atom stereocenters. The second-order valence-electron chi connectivity index (χ2n) is 4.07. The summed E-state index contributed by atoms with van der Waals surface area (Å²) in [7, 11) is 2.05. The van der Waals surface area contributed by atoms with Gasteiger partial charge in [0.15, 0.2) is 5.16 Å². The van der Waals surface area contributed by atoms with Crippen LogP contribution < -0.4 is 0 Å². The minimum absolute atomic E-state index is 1.13. The predicted molar refractivity (Wildman–Crippen MR) is 64.2 cm³/mol. The van der Waals surface area contributed by atoms with Gasteiger partial charge >= 0.3 is 0 Å². The first-order valence-electron chi connectivity index (χ1n) is 5.69. The normalized spacial score (nSPS) is 18.2. The summed E-state index contributed by atoms with van der Waals surface area (Å²) in [5.41, 5.74) is 0. The zero-order chi connectivity index (χ0) is 10.5. The maximum absolute atomic E-state index is 4.31. The first-order chi connectivity index (χ1) is 7.36. The number of nitrogens with zero attached hydrogens (tertiary/aromatic N) is 3. The van der Waals surface area contributed by atoms with E-state index in [0.717, 1.165) is 10.9 Å². The average molecular weight is 225 g/mol. The Morgan fingerprint density at radius 3 is 2.80 bits per heavy atom. The number of aryl methyl sites for hydroxylation is 1. The molecule has 84 valence electrons. The summed E-state index contributed by atoms with van der Waals surface area (Å²) >= 11 is 1.86. The molecule has 1 fully saturated rings. The molecule has 0 saturated carbocycles. The summed E-state index contributed by atoms with van der Waals surface area (Å²) in [6.07, 6.45) is 8.05. The Labute approximate surface area is 95.9 Å². The van der Waals surface area contributed by atoms with Crippen LogP contribution in [0.1, 0.15) is 19.3 Å². The van der Waals surface area contributed by atoms with E-state index in [1.807, 2.05) is 24.2 Å². The third-order valence-corrected chi connectivity index (χ3v) is 3.90. The van der Waals surface area contributed by atoms with Gasteiger partial charge in [0, 0.05) is 31.7 Å². The summed E-state index contributed by atoms with van der Waals surface area (Å²) in [4.78, 5) is 6.87. The second kappa shape index (κ2) is 5.56. The molecule has 0 aliphatic carbocycles. The molecule has 0 N–H and O–H groups in total. The average Bonchev–Trinajstić information content (AvgIpc) is 2.66. The van der Waals surface area contributed by atoms with Crippen molar-refractivity contribution in [2.75, 3.05) is 25.4 Å². The monoisotopic (exact) mass is 225 g/mol. The first-order valence-corrected chi connectivity index (χ1v) is 6.67. The fourth-order valence-electron chi connectivity index (χ4n) is 1.94. The van der Waals surface area contributed by atoms with Crippen molar-refractivity contribution >= 4 is 11.8 Å². The number of aromatic nitrogens is 2. The Morgan fingerprint density at radius 2 is 2.13 bits per heavy atom. The lowest BCUT2D eigenvalue weighted by atomic mass is 10.1. The lowest BCUT2D eigenvalue weighted by Crippen LogP contribution is -2.31. The van der Waals surface area contributed by atoms with Gasteiger partial charge in [0.05, 0.1) is 0 Å². The van der Waals surface area contributed by atoms with Gasteiger partial charge in [0.25, 0.3) is 0 Å². The molecule has 2 heterocycles. The van der Waals surface area contributed by atoms with E-state index in [1.54, 1.807) is 0 Å². The van der Waals surface area contributed by atoms with Crippen LogP contribution in [0.3, 0.4) is 0 Å². The zero-order valence-electron chi connectivity index (χ0n) is 9.35. The Hall–Kier alpha value is -0.480. The maximum Gasteiger partial charge on any atom is 0.167 e. The van der Waals surface area contributed by atoms with Crippen LogP contribution in [-0.2, 0) is 7.05 Å². The Bertz CT molecular complexity index is 292. The van der Waals surface area contributed by atoms with E-state index in [9.17, 15) is 0 Å². The Balaban J connectivity index is 1.68. The van der Waals surface area contributed by atoms with Gasteiger partial charge in [-0.3, -0.25) is 0 Å². The van der Waals surface area contributed by atoms with Crippen molar-refractivity contribution in [1.82, 2.24) is 14.5 Å². The van der Waals surface area contributed by atoms with Crippen LogP contribution in [0.2, 0.25) is 0 Å². The van der Waals surface area contributed by atoms with Gasteiger partial charge in [0.2, 0.25) is 0 Å². The molecule has 15 heavy (non-hydrogen) atoms. The van der Waals surface area contributed by atoms with Gasteiger partial charge in [-0.05, 0) is 25.9 Å². The number of hydrogen-bond donors (Lipinski definition) is 0. The first kappa shape index (κ1) is 11.0. The molecule has 1 aliphatic rings. The summed E-state index contributed by atoms with van der Waals surface area (Å²) < 4.78 is 2.08. The molecule has 0 spiro atoms. The van der Waals surface area contributed by atoms with Crippen LogP contribution in [0.4, 0.5) is 0 Å². The molecule has 0 amide bonds. The second-order valence-corrected chi connectivity index (χ2v) is 5.13. The van der Waals surface area contributed by atoms with Gasteiger partial charge in [-0.25, -0.2) is 4.98 Å². The van der Waals surface area contributed by atoms with Gasteiger partial charge in [0.1, 0.15) is 0 Å². The summed E-state index contributed by atoms with van der Waals surface area (Å²) in [5.74, 6) is 1.16. The van der Waals surface area contributed by atoms with E-state index in [4.69, 9.17) is 0 Å². The molecular formula is C11H19N3S. The highest BCUT2D eigenvalue weighted by molar-refractivity contribution is 7.99. The number of piperidine rings is 1. The smallest absolute Gasteiger partial charge is 0.167 e. The van der Waals surface area contributed by atoms with Crippen molar-refractivity contribution in [3.63, 3.8) is 0 Å². The molecule has 0 bridgehead atoms.